The molecule has 3 N–H and O–H groups in total. The summed E-state index contributed by atoms with van der Waals surface area (Å²) in [5.41, 5.74) is 4.89. The summed E-state index contributed by atoms with van der Waals surface area (Å²) in [7, 11) is 0. The highest BCUT2D eigenvalue weighted by molar-refractivity contribution is 6.01. The number of aliphatic imine (C=N–C) groups is 1. The fourth-order valence-corrected chi connectivity index (χ4v) is 3.00. The fraction of sp³-hybridized carbons (Fsp3) is 0.143. The molecule has 0 amide bonds. The molecule has 5 nitrogen and oxygen atoms in total. The first-order valence-corrected chi connectivity index (χ1v) is 8.60. The summed E-state index contributed by atoms with van der Waals surface area (Å²) in [6, 6.07) is 19.8. The Labute approximate surface area is 152 Å². The van der Waals surface area contributed by atoms with E-state index in [4.69, 9.17) is 4.99 Å². The molecule has 1 aliphatic rings. The summed E-state index contributed by atoms with van der Waals surface area (Å²) >= 11 is 0. The van der Waals surface area contributed by atoms with E-state index in [2.05, 4.69) is 21.7 Å². The second-order valence-electron chi connectivity index (χ2n) is 6.27. The Morgan fingerprint density at radius 2 is 1.73 bits per heavy atom. The third-order valence-electron chi connectivity index (χ3n) is 4.42. The maximum Gasteiger partial charge on any atom is 0.135 e. The number of pyridine rings is 1. The Bertz CT molecular complexity index is 920. The maximum atomic E-state index is 9.67. The van der Waals surface area contributed by atoms with Crippen molar-refractivity contribution in [3.05, 3.63) is 89.7 Å². The molecule has 0 saturated carbocycles. The molecule has 4 rings (SSSR count). The molecule has 3 aromatic rings. The van der Waals surface area contributed by atoms with E-state index in [0.29, 0.717) is 0 Å². The van der Waals surface area contributed by atoms with Gasteiger partial charge in [0.2, 0.25) is 0 Å². The predicted octanol–water partition coefficient (Wildman–Crippen LogP) is 3.93. The molecule has 2 atom stereocenters. The second kappa shape index (κ2) is 6.98. The molecule has 0 radical (unpaired) electrons. The first-order chi connectivity index (χ1) is 12.7. The van der Waals surface area contributed by atoms with Crippen LogP contribution in [0.15, 0.2) is 78.0 Å². The van der Waals surface area contributed by atoms with Gasteiger partial charge in [-0.15, -0.1) is 0 Å². The average molecular weight is 344 g/mol. The first kappa shape index (κ1) is 16.3. The number of hydrogen-bond donors (Lipinski definition) is 3. The van der Waals surface area contributed by atoms with Crippen molar-refractivity contribution in [2.75, 3.05) is 5.32 Å². The van der Waals surface area contributed by atoms with Crippen LogP contribution in [0.4, 0.5) is 11.4 Å². The molecular formula is C21H20N4O. The number of benzene rings is 2. The van der Waals surface area contributed by atoms with Crippen molar-refractivity contribution in [1.82, 2.24) is 10.3 Å². The highest BCUT2D eigenvalue weighted by atomic mass is 16.3. The number of aromatic nitrogens is 1. The predicted molar refractivity (Wildman–Crippen MR) is 103 cm³/mol. The highest BCUT2D eigenvalue weighted by Crippen LogP contribution is 2.31. The van der Waals surface area contributed by atoms with Gasteiger partial charge in [-0.3, -0.25) is 4.98 Å². The van der Waals surface area contributed by atoms with Gasteiger partial charge in [0, 0.05) is 29.2 Å². The smallest absolute Gasteiger partial charge is 0.135 e. The summed E-state index contributed by atoms with van der Waals surface area (Å²) in [5.74, 6) is 0.809. The largest absolute Gasteiger partial charge is 0.389 e. The number of aliphatic hydroxyl groups is 1. The minimum atomic E-state index is -0.469. The maximum absolute atomic E-state index is 9.67. The van der Waals surface area contributed by atoms with Crippen molar-refractivity contribution in [3.63, 3.8) is 0 Å². The Balaban J connectivity index is 1.64. The van der Waals surface area contributed by atoms with Crippen LogP contribution in [-0.2, 0) is 0 Å². The lowest BCUT2D eigenvalue weighted by Crippen LogP contribution is -2.36. The van der Waals surface area contributed by atoms with Crippen LogP contribution in [0.3, 0.4) is 0 Å². The number of aliphatic hydroxyl groups excluding tert-OH is 1. The minimum absolute atomic E-state index is 0.107. The number of nitrogens with one attached hydrogen (secondary N) is 2. The molecule has 1 aliphatic heterocycles. The van der Waals surface area contributed by atoms with Crippen molar-refractivity contribution in [2.24, 2.45) is 4.99 Å². The van der Waals surface area contributed by atoms with Crippen LogP contribution >= 0.6 is 0 Å². The molecule has 2 aromatic carbocycles. The van der Waals surface area contributed by atoms with Crippen LogP contribution in [-0.4, -0.2) is 15.9 Å². The van der Waals surface area contributed by atoms with Crippen molar-refractivity contribution < 1.29 is 5.11 Å². The van der Waals surface area contributed by atoms with Crippen LogP contribution in [0.25, 0.3) is 0 Å². The number of hydrogen-bond acceptors (Lipinski definition) is 5. The van der Waals surface area contributed by atoms with E-state index in [9.17, 15) is 5.11 Å². The van der Waals surface area contributed by atoms with E-state index in [0.717, 1.165) is 33.9 Å². The van der Waals surface area contributed by atoms with Gasteiger partial charge in [-0.05, 0) is 42.8 Å². The molecule has 0 saturated heterocycles. The quantitative estimate of drug-likeness (QED) is 0.671. The normalized spacial score (nSPS) is 16.8. The lowest BCUT2D eigenvalue weighted by Gasteiger charge is -2.28. The Kier molecular flexibility index (Phi) is 4.37. The lowest BCUT2D eigenvalue weighted by molar-refractivity contribution is 0.199. The number of amidine groups is 1. The molecule has 2 unspecified atom stereocenters. The second-order valence-corrected chi connectivity index (χ2v) is 6.27. The molecule has 1 aromatic heterocycles. The molecule has 0 spiro atoms. The summed E-state index contributed by atoms with van der Waals surface area (Å²) < 4.78 is 0. The van der Waals surface area contributed by atoms with Crippen LogP contribution in [0.2, 0.25) is 0 Å². The van der Waals surface area contributed by atoms with Crippen molar-refractivity contribution >= 4 is 17.2 Å². The number of anilines is 1. The van der Waals surface area contributed by atoms with Crippen LogP contribution in [0.5, 0.6) is 0 Å². The number of rotatable bonds is 4. The summed E-state index contributed by atoms with van der Waals surface area (Å²) in [4.78, 5) is 8.82. The number of fused-ring (bicyclic) bond motifs is 1. The topological polar surface area (TPSA) is 69.5 Å². The standard InChI is InChI=1S/C21H20N4O/c1-14(26)15-6-8-17(9-7-15)23-21-18-4-2-3-5-19(18)24-20(25-21)16-10-12-22-13-11-16/h2-14,21,23,26H,1H3,(H,24,25). The van der Waals surface area contributed by atoms with E-state index in [1.165, 1.54) is 0 Å². The number of para-hydroxylation sites is 1. The van der Waals surface area contributed by atoms with Gasteiger partial charge in [-0.1, -0.05) is 30.3 Å². The average Bonchev–Trinajstić information content (AvgIpc) is 2.69. The van der Waals surface area contributed by atoms with Crippen molar-refractivity contribution in [3.8, 4) is 0 Å². The van der Waals surface area contributed by atoms with Gasteiger partial charge < -0.3 is 15.7 Å². The van der Waals surface area contributed by atoms with Gasteiger partial charge >= 0.3 is 0 Å². The molecule has 130 valence electrons. The SMILES string of the molecule is CC(O)c1ccc(NC2NC(c3ccncc3)=Nc3ccccc32)cc1. The molecule has 0 aliphatic carbocycles. The van der Waals surface area contributed by atoms with E-state index in [1.54, 1.807) is 19.3 Å². The summed E-state index contributed by atoms with van der Waals surface area (Å²) in [6.07, 6.45) is 2.95. The van der Waals surface area contributed by atoms with E-state index in [1.807, 2.05) is 54.6 Å². The molecule has 0 bridgehead atoms. The fourth-order valence-electron chi connectivity index (χ4n) is 3.00. The van der Waals surface area contributed by atoms with Crippen molar-refractivity contribution in [1.29, 1.82) is 0 Å². The van der Waals surface area contributed by atoms with E-state index in [-0.39, 0.29) is 6.17 Å². The van der Waals surface area contributed by atoms with Crippen LogP contribution in [0, 0.1) is 0 Å². The Morgan fingerprint density at radius 3 is 2.46 bits per heavy atom. The van der Waals surface area contributed by atoms with Crippen LogP contribution < -0.4 is 10.6 Å². The number of nitrogens with zero attached hydrogens (tertiary/aromatic N) is 2. The zero-order valence-electron chi connectivity index (χ0n) is 14.4. The zero-order chi connectivity index (χ0) is 17.9. The minimum Gasteiger partial charge on any atom is -0.389 e. The highest BCUT2D eigenvalue weighted by Gasteiger charge is 2.22. The first-order valence-electron chi connectivity index (χ1n) is 8.60. The molecule has 26 heavy (non-hydrogen) atoms. The molecule has 5 heteroatoms. The third kappa shape index (κ3) is 3.30. The van der Waals surface area contributed by atoms with Crippen LogP contribution in [0.1, 0.15) is 35.9 Å². The monoisotopic (exact) mass is 344 g/mol. The molecular weight excluding hydrogens is 324 g/mol. The summed E-state index contributed by atoms with van der Waals surface area (Å²) in [5, 5.41) is 16.7. The van der Waals surface area contributed by atoms with Crippen molar-refractivity contribution in [2.45, 2.75) is 19.2 Å². The molecule has 2 heterocycles. The van der Waals surface area contributed by atoms with Gasteiger partial charge in [-0.25, -0.2) is 4.99 Å². The Morgan fingerprint density at radius 1 is 1.00 bits per heavy atom. The zero-order valence-corrected chi connectivity index (χ0v) is 14.4. The van der Waals surface area contributed by atoms with Gasteiger partial charge in [0.05, 0.1) is 11.8 Å². The lowest BCUT2D eigenvalue weighted by atomic mass is 10.1. The van der Waals surface area contributed by atoms with Gasteiger partial charge in [0.25, 0.3) is 0 Å². The third-order valence-corrected chi connectivity index (χ3v) is 4.42. The Hall–Kier alpha value is -3.18. The summed E-state index contributed by atoms with van der Waals surface area (Å²) in [6.45, 7) is 1.76. The van der Waals surface area contributed by atoms with Gasteiger partial charge in [0.15, 0.2) is 0 Å². The van der Waals surface area contributed by atoms with Gasteiger partial charge in [0.1, 0.15) is 12.0 Å². The molecule has 0 fully saturated rings. The van der Waals surface area contributed by atoms with E-state index >= 15 is 0 Å². The van der Waals surface area contributed by atoms with E-state index < -0.39 is 6.10 Å². The van der Waals surface area contributed by atoms with Gasteiger partial charge in [-0.2, -0.15) is 0 Å².